The molecule has 0 spiro atoms. The lowest BCUT2D eigenvalue weighted by molar-refractivity contribution is -0.175. The maximum Gasteiger partial charge on any atom is 0.229 e. The Hall–Kier alpha value is -0.540. The molecule has 1 N–H and O–H groups in total. The first-order chi connectivity index (χ1) is 9.05. The normalized spacial score (nSPS) is 63.2. The fraction of sp³-hybridized carbons (Fsp3) is 0.800. The molecule has 5 fully saturated rings. The van der Waals surface area contributed by atoms with Crippen LogP contribution in [0, 0.1) is 40.9 Å². The molecule has 8 atom stereocenters. The first kappa shape index (κ1) is 11.2. The van der Waals surface area contributed by atoms with Crippen LogP contribution in [-0.4, -0.2) is 34.1 Å². The Balaban J connectivity index is 1.84. The quantitative estimate of drug-likeness (QED) is 0.614. The lowest BCUT2D eigenvalue weighted by Gasteiger charge is -2.51. The van der Waals surface area contributed by atoms with Crippen molar-refractivity contribution in [2.24, 2.45) is 40.9 Å². The maximum atomic E-state index is 12.8. The summed E-state index contributed by atoms with van der Waals surface area (Å²) in [6.07, 6.45) is 1.08. The van der Waals surface area contributed by atoms with Gasteiger partial charge in [0.1, 0.15) is 0 Å². The molecule has 3 nitrogen and oxygen atoms in total. The molecule has 5 rings (SSSR count). The van der Waals surface area contributed by atoms with Crippen LogP contribution in [0.3, 0.4) is 0 Å². The lowest BCUT2D eigenvalue weighted by atomic mass is 9.56. The van der Waals surface area contributed by atoms with Crippen LogP contribution in [0.2, 0.25) is 0 Å². The van der Waals surface area contributed by atoms with E-state index >= 15 is 0 Å². The summed E-state index contributed by atoms with van der Waals surface area (Å²) in [5.74, 6) is 2.46. The molecule has 1 aliphatic heterocycles. The highest BCUT2D eigenvalue weighted by Crippen LogP contribution is 2.86. The summed E-state index contributed by atoms with van der Waals surface area (Å²) in [7, 11) is 0. The van der Waals surface area contributed by atoms with Crippen LogP contribution in [0.25, 0.3) is 0 Å². The van der Waals surface area contributed by atoms with Gasteiger partial charge >= 0.3 is 0 Å². The third-order valence-electron chi connectivity index (χ3n) is 7.32. The largest absolute Gasteiger partial charge is 0.369 e. The van der Waals surface area contributed by atoms with E-state index in [1.165, 1.54) is 5.57 Å². The van der Waals surface area contributed by atoms with E-state index in [9.17, 15) is 9.90 Å². The molecule has 0 aromatic carbocycles. The number of aliphatic hydroxyl groups is 1. The summed E-state index contributed by atoms with van der Waals surface area (Å²) in [5.41, 5.74) is -0.239. The van der Waals surface area contributed by atoms with Crippen molar-refractivity contribution in [3.8, 4) is 0 Å². The number of carbonyl (C=O) groups is 1. The number of likely N-dealkylation sites (tertiary alicyclic amines) is 1. The van der Waals surface area contributed by atoms with E-state index in [1.807, 2.05) is 6.92 Å². The Morgan fingerprint density at radius 2 is 2.26 bits per heavy atom. The zero-order valence-electron chi connectivity index (χ0n) is 11.0. The fourth-order valence-electron chi connectivity index (χ4n) is 7.09. The van der Waals surface area contributed by atoms with E-state index in [4.69, 9.17) is 11.6 Å². The van der Waals surface area contributed by atoms with Gasteiger partial charge in [0.05, 0.1) is 5.92 Å². The number of fused-ring (bicyclic) bond motifs is 4. The van der Waals surface area contributed by atoms with Crippen molar-refractivity contribution in [2.75, 3.05) is 12.4 Å². The summed E-state index contributed by atoms with van der Waals surface area (Å²) < 4.78 is 0. The van der Waals surface area contributed by atoms with Crippen molar-refractivity contribution < 1.29 is 9.90 Å². The van der Waals surface area contributed by atoms with Crippen molar-refractivity contribution in [3.05, 3.63) is 12.2 Å². The molecular weight excluding hydrogens is 262 g/mol. The maximum absolute atomic E-state index is 12.8. The number of amides is 1. The van der Waals surface area contributed by atoms with Gasteiger partial charge in [-0.25, -0.2) is 0 Å². The smallest absolute Gasteiger partial charge is 0.229 e. The molecule has 102 valence electrons. The standard InChI is InChI=1S/C15H18ClNO2/c1-3-17-13(18)12-7-4-8-10-9(7)6(2)11(10)15(17,19)14(8,12)5-16/h7-12,19H,2-5H2,1H3. The van der Waals surface area contributed by atoms with Crippen molar-refractivity contribution in [2.45, 2.75) is 19.1 Å². The van der Waals surface area contributed by atoms with Crippen LogP contribution in [0.1, 0.15) is 13.3 Å². The van der Waals surface area contributed by atoms with Gasteiger partial charge in [-0.05, 0) is 37.0 Å². The van der Waals surface area contributed by atoms with Crippen LogP contribution < -0.4 is 0 Å². The molecule has 1 heterocycles. The molecule has 5 aliphatic rings. The summed E-state index contributed by atoms with van der Waals surface area (Å²) in [6, 6.07) is 0. The second kappa shape index (κ2) is 2.75. The Morgan fingerprint density at radius 1 is 1.53 bits per heavy atom. The molecular formula is C15H18ClNO2. The number of hydrogen-bond acceptors (Lipinski definition) is 2. The van der Waals surface area contributed by atoms with Crippen molar-refractivity contribution in [3.63, 3.8) is 0 Å². The predicted molar refractivity (Wildman–Crippen MR) is 70.2 cm³/mol. The summed E-state index contributed by atoms with van der Waals surface area (Å²) >= 11 is 6.36. The molecule has 0 aromatic heterocycles. The highest BCUT2D eigenvalue weighted by molar-refractivity contribution is 6.19. The number of hydrogen-bond donors (Lipinski definition) is 1. The van der Waals surface area contributed by atoms with Crippen molar-refractivity contribution in [1.82, 2.24) is 4.90 Å². The number of halogens is 1. The Bertz CT molecular complexity index is 548. The molecule has 2 bridgehead atoms. The first-order valence-corrected chi connectivity index (χ1v) is 7.87. The van der Waals surface area contributed by atoms with E-state index in [0.717, 1.165) is 6.42 Å². The molecule has 19 heavy (non-hydrogen) atoms. The molecule has 4 saturated carbocycles. The van der Waals surface area contributed by atoms with Gasteiger partial charge in [0.25, 0.3) is 0 Å². The lowest BCUT2D eigenvalue weighted by Crippen LogP contribution is -2.60. The SMILES string of the molecule is C=C1C2C3CC4C2C1C1(O)N(CC)C(=O)C3C41CCl. The Morgan fingerprint density at radius 3 is 2.89 bits per heavy atom. The third-order valence-corrected chi connectivity index (χ3v) is 7.77. The molecule has 8 unspecified atom stereocenters. The molecule has 4 heteroatoms. The van der Waals surface area contributed by atoms with Crippen LogP contribution in [-0.2, 0) is 4.79 Å². The van der Waals surface area contributed by atoms with Crippen LogP contribution in [0.5, 0.6) is 0 Å². The predicted octanol–water partition coefficient (Wildman–Crippen LogP) is 1.46. The van der Waals surface area contributed by atoms with Gasteiger partial charge in [-0.3, -0.25) is 4.79 Å². The summed E-state index contributed by atoms with van der Waals surface area (Å²) in [4.78, 5) is 14.5. The number of carbonyl (C=O) groups excluding carboxylic acids is 1. The van der Waals surface area contributed by atoms with Gasteiger partial charge in [-0.1, -0.05) is 12.2 Å². The first-order valence-electron chi connectivity index (χ1n) is 7.34. The monoisotopic (exact) mass is 279 g/mol. The van der Waals surface area contributed by atoms with Crippen LogP contribution in [0.4, 0.5) is 0 Å². The minimum absolute atomic E-state index is 0.0505. The van der Waals surface area contributed by atoms with E-state index in [0.29, 0.717) is 36.1 Å². The number of nitrogens with zero attached hydrogens (tertiary/aromatic N) is 1. The van der Waals surface area contributed by atoms with E-state index < -0.39 is 11.1 Å². The minimum Gasteiger partial charge on any atom is -0.369 e. The molecule has 1 amide bonds. The van der Waals surface area contributed by atoms with Gasteiger partial charge in [0.2, 0.25) is 5.91 Å². The topological polar surface area (TPSA) is 40.5 Å². The molecule has 4 aliphatic carbocycles. The van der Waals surface area contributed by atoms with E-state index in [-0.39, 0.29) is 17.7 Å². The highest BCUT2D eigenvalue weighted by Gasteiger charge is 2.91. The summed E-state index contributed by atoms with van der Waals surface area (Å²) in [5, 5.41) is 11.5. The molecule has 0 radical (unpaired) electrons. The minimum atomic E-state index is -1.04. The van der Waals surface area contributed by atoms with Gasteiger partial charge in [0.15, 0.2) is 5.72 Å². The highest BCUT2D eigenvalue weighted by atomic mass is 35.5. The second-order valence-electron chi connectivity index (χ2n) is 7.12. The Kier molecular flexibility index (Phi) is 1.62. The van der Waals surface area contributed by atoms with Gasteiger partial charge in [-0.2, -0.15) is 0 Å². The average molecular weight is 280 g/mol. The fourth-order valence-corrected chi connectivity index (χ4v) is 7.66. The molecule has 0 aromatic rings. The average Bonchev–Trinajstić information content (AvgIpc) is 2.93. The van der Waals surface area contributed by atoms with E-state index in [2.05, 4.69) is 6.58 Å². The number of alkyl halides is 1. The third kappa shape index (κ3) is 0.696. The van der Waals surface area contributed by atoms with Crippen LogP contribution >= 0.6 is 11.6 Å². The number of rotatable bonds is 2. The zero-order valence-corrected chi connectivity index (χ0v) is 11.7. The van der Waals surface area contributed by atoms with Crippen LogP contribution in [0.15, 0.2) is 12.2 Å². The summed E-state index contributed by atoms with van der Waals surface area (Å²) in [6.45, 7) is 6.77. The molecule has 1 saturated heterocycles. The zero-order chi connectivity index (χ0) is 13.3. The van der Waals surface area contributed by atoms with Gasteiger partial charge < -0.3 is 10.0 Å². The van der Waals surface area contributed by atoms with Gasteiger partial charge in [0, 0.05) is 23.8 Å². The second-order valence-corrected chi connectivity index (χ2v) is 7.39. The van der Waals surface area contributed by atoms with Gasteiger partial charge in [-0.15, -0.1) is 11.6 Å². The van der Waals surface area contributed by atoms with Crippen molar-refractivity contribution >= 4 is 17.5 Å². The Labute approximate surface area is 117 Å². The van der Waals surface area contributed by atoms with E-state index in [1.54, 1.807) is 4.90 Å². The van der Waals surface area contributed by atoms with Crippen molar-refractivity contribution in [1.29, 1.82) is 0 Å².